The lowest BCUT2D eigenvalue weighted by atomic mass is 9.93. The predicted molar refractivity (Wildman–Crippen MR) is 91.9 cm³/mol. The first-order valence-corrected chi connectivity index (χ1v) is 8.28. The minimum atomic E-state index is -1.03. The smallest absolute Gasteiger partial charge is 0.326 e. The number of aromatic nitrogens is 1. The summed E-state index contributed by atoms with van der Waals surface area (Å²) in [5, 5.41) is 9.76. The maximum Gasteiger partial charge on any atom is 0.326 e. The Kier molecular flexibility index (Phi) is 4.90. The summed E-state index contributed by atoms with van der Waals surface area (Å²) in [5.41, 5.74) is 2.12. The number of carbonyl (C=O) groups is 2. The molecule has 130 valence electrons. The highest BCUT2D eigenvalue weighted by Gasteiger charge is 2.35. The molecule has 0 fully saturated rings. The summed E-state index contributed by atoms with van der Waals surface area (Å²) >= 11 is 6.10. The highest BCUT2D eigenvalue weighted by atomic mass is 35.5. The molecule has 25 heavy (non-hydrogen) atoms. The summed E-state index contributed by atoms with van der Waals surface area (Å²) in [6, 6.07) is 8.07. The summed E-state index contributed by atoms with van der Waals surface area (Å²) in [7, 11) is 0. The fourth-order valence-corrected chi connectivity index (χ4v) is 3.13. The lowest BCUT2D eigenvalue weighted by molar-refractivity contribution is -0.142. The summed E-state index contributed by atoms with van der Waals surface area (Å²) in [4.78, 5) is 29.9. The van der Waals surface area contributed by atoms with E-state index in [2.05, 4.69) is 4.98 Å². The van der Waals surface area contributed by atoms with E-state index in [9.17, 15) is 14.7 Å². The van der Waals surface area contributed by atoms with Crippen LogP contribution in [0.15, 0.2) is 36.5 Å². The second-order valence-corrected chi connectivity index (χ2v) is 6.11. The fraction of sp³-hybridized carbons (Fsp3) is 0.278. The number of halogens is 1. The number of nitrogens with zero attached hydrogens (tertiary/aromatic N) is 2. The first-order chi connectivity index (χ1) is 12.0. The lowest BCUT2D eigenvalue weighted by Gasteiger charge is -2.34. The van der Waals surface area contributed by atoms with E-state index in [0.717, 1.165) is 11.1 Å². The molecule has 3 rings (SSSR count). The SMILES string of the molecule is CCOc1ncc(C(=O)N2Cc3ccccc3CC2C(=O)O)cc1Cl. The Morgan fingerprint density at radius 2 is 2.08 bits per heavy atom. The number of hydrogen-bond donors (Lipinski definition) is 1. The molecule has 1 amide bonds. The fourth-order valence-electron chi connectivity index (χ4n) is 2.91. The van der Waals surface area contributed by atoms with Gasteiger partial charge < -0.3 is 14.7 Å². The molecular formula is C18H17ClN2O4. The van der Waals surface area contributed by atoms with Gasteiger partial charge in [-0.3, -0.25) is 4.79 Å². The summed E-state index contributed by atoms with van der Waals surface area (Å²) in [5.74, 6) is -1.20. The Morgan fingerprint density at radius 3 is 2.72 bits per heavy atom. The van der Waals surface area contributed by atoms with Gasteiger partial charge in [0.15, 0.2) is 0 Å². The first kappa shape index (κ1) is 17.2. The molecule has 6 nitrogen and oxygen atoms in total. The van der Waals surface area contributed by atoms with E-state index in [1.54, 1.807) is 6.92 Å². The maximum atomic E-state index is 12.9. The van der Waals surface area contributed by atoms with Crippen molar-refractivity contribution in [1.82, 2.24) is 9.88 Å². The third kappa shape index (κ3) is 3.44. The molecule has 2 aromatic rings. The minimum Gasteiger partial charge on any atom is -0.480 e. The highest BCUT2D eigenvalue weighted by molar-refractivity contribution is 6.32. The molecule has 1 N–H and O–H groups in total. The number of carbonyl (C=O) groups excluding carboxylic acids is 1. The van der Waals surface area contributed by atoms with Crippen molar-refractivity contribution >= 4 is 23.5 Å². The van der Waals surface area contributed by atoms with E-state index >= 15 is 0 Å². The van der Waals surface area contributed by atoms with Crippen molar-refractivity contribution in [3.63, 3.8) is 0 Å². The van der Waals surface area contributed by atoms with Gasteiger partial charge >= 0.3 is 5.97 Å². The van der Waals surface area contributed by atoms with Gasteiger partial charge in [-0.1, -0.05) is 35.9 Å². The molecular weight excluding hydrogens is 344 g/mol. The van der Waals surface area contributed by atoms with E-state index < -0.39 is 17.9 Å². The molecule has 0 spiro atoms. The topological polar surface area (TPSA) is 79.7 Å². The molecule has 1 unspecified atom stereocenters. The Hall–Kier alpha value is -2.60. The number of carboxylic acid groups (broad SMARTS) is 1. The molecule has 2 heterocycles. The molecule has 0 radical (unpaired) electrons. The Labute approximate surface area is 150 Å². The number of benzene rings is 1. The first-order valence-electron chi connectivity index (χ1n) is 7.90. The van der Waals surface area contributed by atoms with Crippen molar-refractivity contribution in [2.75, 3.05) is 6.61 Å². The number of amides is 1. The van der Waals surface area contributed by atoms with Crippen molar-refractivity contribution in [3.05, 3.63) is 58.2 Å². The van der Waals surface area contributed by atoms with Crippen LogP contribution in [-0.4, -0.2) is 39.5 Å². The number of rotatable bonds is 4. The molecule has 0 aliphatic carbocycles. The van der Waals surface area contributed by atoms with Crippen LogP contribution in [0.25, 0.3) is 0 Å². The Balaban J connectivity index is 1.92. The van der Waals surface area contributed by atoms with Crippen molar-refractivity contribution < 1.29 is 19.4 Å². The Bertz CT molecular complexity index is 824. The van der Waals surface area contributed by atoms with Gasteiger partial charge in [-0.25, -0.2) is 9.78 Å². The van der Waals surface area contributed by atoms with Gasteiger partial charge in [0.1, 0.15) is 11.1 Å². The predicted octanol–water partition coefficient (Wildman–Crippen LogP) is 2.79. The van der Waals surface area contributed by atoms with Crippen LogP contribution < -0.4 is 4.74 Å². The molecule has 1 aromatic heterocycles. The number of fused-ring (bicyclic) bond motifs is 1. The lowest BCUT2D eigenvalue weighted by Crippen LogP contribution is -2.48. The van der Waals surface area contributed by atoms with Crippen LogP contribution in [0, 0.1) is 0 Å². The van der Waals surface area contributed by atoms with E-state index in [-0.39, 0.29) is 29.4 Å². The largest absolute Gasteiger partial charge is 0.480 e. The van der Waals surface area contributed by atoms with Gasteiger partial charge in [-0.15, -0.1) is 0 Å². The van der Waals surface area contributed by atoms with Crippen molar-refractivity contribution in [2.45, 2.75) is 25.9 Å². The average Bonchev–Trinajstić information content (AvgIpc) is 2.61. The normalized spacial score (nSPS) is 16.2. The Morgan fingerprint density at radius 1 is 1.36 bits per heavy atom. The highest BCUT2D eigenvalue weighted by Crippen LogP contribution is 2.27. The zero-order chi connectivity index (χ0) is 18.0. The van der Waals surface area contributed by atoms with Crippen LogP contribution in [0.5, 0.6) is 5.88 Å². The summed E-state index contributed by atoms with van der Waals surface area (Å²) in [6.45, 7) is 2.44. The third-order valence-corrected chi connectivity index (χ3v) is 4.40. The summed E-state index contributed by atoms with van der Waals surface area (Å²) in [6.07, 6.45) is 1.63. The van der Waals surface area contributed by atoms with Crippen LogP contribution in [0.3, 0.4) is 0 Å². The number of aliphatic carboxylic acids is 1. The van der Waals surface area contributed by atoms with Gasteiger partial charge in [0, 0.05) is 19.2 Å². The van der Waals surface area contributed by atoms with Crippen LogP contribution in [0.1, 0.15) is 28.4 Å². The average molecular weight is 361 g/mol. The van der Waals surface area contributed by atoms with Gasteiger partial charge in [0.2, 0.25) is 5.88 Å². The van der Waals surface area contributed by atoms with E-state index in [4.69, 9.17) is 16.3 Å². The van der Waals surface area contributed by atoms with Gasteiger partial charge in [0.25, 0.3) is 5.91 Å². The van der Waals surface area contributed by atoms with Crippen LogP contribution >= 0.6 is 11.6 Å². The van der Waals surface area contributed by atoms with E-state index in [1.807, 2.05) is 24.3 Å². The minimum absolute atomic E-state index is 0.219. The van der Waals surface area contributed by atoms with E-state index in [1.165, 1.54) is 17.2 Å². The zero-order valence-electron chi connectivity index (χ0n) is 13.6. The van der Waals surface area contributed by atoms with Gasteiger partial charge in [0.05, 0.1) is 12.2 Å². The number of carboxylic acids is 1. The molecule has 0 bridgehead atoms. The molecule has 1 atom stereocenters. The second-order valence-electron chi connectivity index (χ2n) is 5.70. The molecule has 1 aliphatic rings. The molecule has 7 heteroatoms. The van der Waals surface area contributed by atoms with E-state index in [0.29, 0.717) is 6.61 Å². The zero-order valence-corrected chi connectivity index (χ0v) is 14.4. The molecule has 1 aromatic carbocycles. The van der Waals surface area contributed by atoms with Crippen molar-refractivity contribution in [1.29, 1.82) is 0 Å². The van der Waals surface area contributed by atoms with Crippen molar-refractivity contribution in [2.24, 2.45) is 0 Å². The van der Waals surface area contributed by atoms with Crippen LogP contribution in [0.2, 0.25) is 5.02 Å². The monoisotopic (exact) mass is 360 g/mol. The van der Waals surface area contributed by atoms with Gasteiger partial charge in [-0.2, -0.15) is 0 Å². The van der Waals surface area contributed by atoms with Crippen molar-refractivity contribution in [3.8, 4) is 5.88 Å². The van der Waals surface area contributed by atoms with Crippen LogP contribution in [-0.2, 0) is 17.8 Å². The third-order valence-electron chi connectivity index (χ3n) is 4.13. The second kappa shape index (κ2) is 7.11. The van der Waals surface area contributed by atoms with Gasteiger partial charge in [-0.05, 0) is 24.1 Å². The quantitative estimate of drug-likeness (QED) is 0.906. The number of pyridine rings is 1. The van der Waals surface area contributed by atoms with Crippen LogP contribution in [0.4, 0.5) is 0 Å². The number of ether oxygens (including phenoxy) is 1. The standard InChI is InChI=1S/C18H17ClN2O4/c1-2-25-16-14(19)7-13(9-20-16)17(22)21-10-12-6-4-3-5-11(12)8-15(21)18(23)24/h3-7,9,15H,2,8,10H2,1H3,(H,23,24). The maximum absolute atomic E-state index is 12.9. The molecule has 0 saturated carbocycles. The molecule has 1 aliphatic heterocycles. The summed E-state index contributed by atoms with van der Waals surface area (Å²) < 4.78 is 5.26. The number of hydrogen-bond acceptors (Lipinski definition) is 4. The molecule has 0 saturated heterocycles.